The minimum Gasteiger partial charge on any atom is -0.494 e. The fourth-order valence-corrected chi connectivity index (χ4v) is 4.12. The van der Waals surface area contributed by atoms with E-state index in [0.717, 1.165) is 0 Å². The molecule has 0 aliphatic rings. The van der Waals surface area contributed by atoms with Crippen LogP contribution in [0.5, 0.6) is 5.75 Å². The lowest BCUT2D eigenvalue weighted by Crippen LogP contribution is -2.29. The Hall–Kier alpha value is -1.44. The number of hydrogen-bond donors (Lipinski definition) is 0. The maximum absolute atomic E-state index is 12.8. The zero-order valence-electron chi connectivity index (χ0n) is 12.6. The molecule has 0 aromatic heterocycles. The van der Waals surface area contributed by atoms with E-state index in [1.165, 1.54) is 35.6 Å². The van der Waals surface area contributed by atoms with Crippen LogP contribution in [0.3, 0.4) is 0 Å². The van der Waals surface area contributed by atoms with Crippen LogP contribution < -0.4 is 4.74 Å². The van der Waals surface area contributed by atoms with Crippen LogP contribution in [0, 0.1) is 5.82 Å². The summed E-state index contributed by atoms with van der Waals surface area (Å²) in [5.41, 5.74) is 0. The average Bonchev–Trinajstić information content (AvgIpc) is 2.53. The molecule has 0 N–H and O–H groups in total. The van der Waals surface area contributed by atoms with Gasteiger partial charge >= 0.3 is 0 Å². The summed E-state index contributed by atoms with van der Waals surface area (Å²) in [5.74, 6) is 0.235. The predicted octanol–water partition coefficient (Wildman–Crippen LogP) is 3.68. The summed E-state index contributed by atoms with van der Waals surface area (Å²) in [6.45, 7) is 0.673. The molecule has 0 saturated carbocycles. The number of nitrogens with zero attached hydrogens (tertiary/aromatic N) is 1. The van der Waals surface area contributed by atoms with Gasteiger partial charge in [0.2, 0.25) is 10.0 Å². The van der Waals surface area contributed by atoms with E-state index >= 15 is 0 Å². The Morgan fingerprint density at radius 1 is 1.13 bits per heavy atom. The van der Waals surface area contributed by atoms with Gasteiger partial charge in [-0.05, 0) is 58.7 Å². The molecule has 0 saturated heterocycles. The molecule has 0 unspecified atom stereocenters. The molecule has 2 aromatic rings. The van der Waals surface area contributed by atoms with E-state index in [1.807, 2.05) is 0 Å². The molecule has 2 aromatic carbocycles. The third-order valence-electron chi connectivity index (χ3n) is 3.22. The van der Waals surface area contributed by atoms with Crippen molar-refractivity contribution in [3.05, 3.63) is 58.8 Å². The SMILES string of the molecule is CN(CCCOc1ccc(F)cc1)S(=O)(=O)c1ccccc1Br. The van der Waals surface area contributed by atoms with E-state index in [-0.39, 0.29) is 10.7 Å². The lowest BCUT2D eigenvalue weighted by molar-refractivity contribution is 0.296. The van der Waals surface area contributed by atoms with Crippen LogP contribution in [0.2, 0.25) is 0 Å². The molecular formula is C16H17BrFNO3S. The summed E-state index contributed by atoms with van der Waals surface area (Å²) >= 11 is 3.26. The van der Waals surface area contributed by atoms with Crippen LogP contribution in [-0.2, 0) is 10.0 Å². The Morgan fingerprint density at radius 2 is 1.78 bits per heavy atom. The summed E-state index contributed by atoms with van der Waals surface area (Å²) < 4.78 is 45.0. The van der Waals surface area contributed by atoms with Gasteiger partial charge < -0.3 is 4.74 Å². The maximum atomic E-state index is 12.8. The third-order valence-corrected chi connectivity index (χ3v) is 6.09. The fourth-order valence-electron chi connectivity index (χ4n) is 1.95. The highest BCUT2D eigenvalue weighted by Crippen LogP contribution is 2.24. The molecule has 0 radical (unpaired) electrons. The molecule has 0 bridgehead atoms. The molecule has 0 aliphatic carbocycles. The van der Waals surface area contributed by atoms with Crippen molar-refractivity contribution in [2.45, 2.75) is 11.3 Å². The molecule has 0 atom stereocenters. The molecular weight excluding hydrogens is 385 g/mol. The van der Waals surface area contributed by atoms with Crippen molar-refractivity contribution < 1.29 is 17.5 Å². The van der Waals surface area contributed by atoms with E-state index in [9.17, 15) is 12.8 Å². The summed E-state index contributed by atoms with van der Waals surface area (Å²) in [7, 11) is -2.00. The van der Waals surface area contributed by atoms with Gasteiger partial charge in [-0.3, -0.25) is 0 Å². The van der Waals surface area contributed by atoms with E-state index in [4.69, 9.17) is 4.74 Å². The van der Waals surface area contributed by atoms with Crippen LogP contribution in [0.1, 0.15) is 6.42 Å². The van der Waals surface area contributed by atoms with Crippen molar-refractivity contribution in [3.63, 3.8) is 0 Å². The summed E-state index contributed by atoms with van der Waals surface area (Å²) in [4.78, 5) is 0.238. The Labute approximate surface area is 144 Å². The lowest BCUT2D eigenvalue weighted by Gasteiger charge is -2.18. The zero-order chi connectivity index (χ0) is 16.9. The zero-order valence-corrected chi connectivity index (χ0v) is 15.0. The monoisotopic (exact) mass is 401 g/mol. The number of benzene rings is 2. The van der Waals surface area contributed by atoms with Crippen LogP contribution in [0.4, 0.5) is 4.39 Å². The minimum atomic E-state index is -3.54. The minimum absolute atomic E-state index is 0.238. The molecule has 4 nitrogen and oxygen atoms in total. The average molecular weight is 402 g/mol. The first-order valence-electron chi connectivity index (χ1n) is 7.00. The number of hydrogen-bond acceptors (Lipinski definition) is 3. The first-order chi connectivity index (χ1) is 10.9. The highest BCUT2D eigenvalue weighted by molar-refractivity contribution is 9.10. The van der Waals surface area contributed by atoms with Crippen LogP contribution in [0.25, 0.3) is 0 Å². The van der Waals surface area contributed by atoms with E-state index < -0.39 is 10.0 Å². The summed E-state index contributed by atoms with van der Waals surface area (Å²) in [6.07, 6.45) is 0.525. The van der Waals surface area contributed by atoms with Gasteiger partial charge in [0.15, 0.2) is 0 Å². The lowest BCUT2D eigenvalue weighted by atomic mass is 10.3. The van der Waals surface area contributed by atoms with Gasteiger partial charge in [-0.1, -0.05) is 12.1 Å². The number of ether oxygens (including phenoxy) is 1. The molecule has 2 rings (SSSR count). The second-order valence-corrected chi connectivity index (χ2v) is 7.78. The summed E-state index contributed by atoms with van der Waals surface area (Å²) in [6, 6.07) is 12.4. The smallest absolute Gasteiger partial charge is 0.243 e. The molecule has 0 amide bonds. The van der Waals surface area contributed by atoms with Gasteiger partial charge in [0.05, 0.1) is 11.5 Å². The van der Waals surface area contributed by atoms with Gasteiger partial charge in [0, 0.05) is 18.1 Å². The van der Waals surface area contributed by atoms with Crippen LogP contribution in [0.15, 0.2) is 57.9 Å². The molecule has 7 heteroatoms. The Morgan fingerprint density at radius 3 is 2.43 bits per heavy atom. The van der Waals surface area contributed by atoms with Crippen molar-refractivity contribution in [1.29, 1.82) is 0 Å². The normalized spacial score (nSPS) is 11.7. The quantitative estimate of drug-likeness (QED) is 0.664. The highest BCUT2D eigenvalue weighted by atomic mass is 79.9. The van der Waals surface area contributed by atoms with Gasteiger partial charge in [0.1, 0.15) is 11.6 Å². The molecule has 0 aliphatic heterocycles. The number of sulfonamides is 1. The first kappa shape index (κ1) is 17.9. The van der Waals surface area contributed by atoms with Crippen molar-refractivity contribution in [3.8, 4) is 5.75 Å². The second-order valence-electron chi connectivity index (χ2n) is 4.91. The Balaban J connectivity index is 1.88. The van der Waals surface area contributed by atoms with Gasteiger partial charge in [0.25, 0.3) is 0 Å². The largest absolute Gasteiger partial charge is 0.494 e. The van der Waals surface area contributed by atoms with Crippen molar-refractivity contribution in [2.24, 2.45) is 0 Å². The number of rotatable bonds is 7. The third kappa shape index (κ3) is 4.76. The first-order valence-corrected chi connectivity index (χ1v) is 9.24. The van der Waals surface area contributed by atoms with Crippen molar-refractivity contribution in [2.75, 3.05) is 20.2 Å². The van der Waals surface area contributed by atoms with Crippen LogP contribution in [-0.4, -0.2) is 32.9 Å². The van der Waals surface area contributed by atoms with E-state index in [2.05, 4.69) is 15.9 Å². The van der Waals surface area contributed by atoms with Gasteiger partial charge in [-0.15, -0.1) is 0 Å². The predicted molar refractivity (Wildman–Crippen MR) is 90.5 cm³/mol. The molecule has 0 spiro atoms. The Bertz CT molecular complexity index is 750. The molecule has 23 heavy (non-hydrogen) atoms. The van der Waals surface area contributed by atoms with E-state index in [0.29, 0.717) is 29.8 Å². The topological polar surface area (TPSA) is 46.6 Å². The second kappa shape index (κ2) is 7.90. The van der Waals surface area contributed by atoms with Crippen molar-refractivity contribution in [1.82, 2.24) is 4.31 Å². The maximum Gasteiger partial charge on any atom is 0.243 e. The number of halogens is 2. The van der Waals surface area contributed by atoms with E-state index in [1.54, 1.807) is 24.3 Å². The molecule has 124 valence electrons. The van der Waals surface area contributed by atoms with Gasteiger partial charge in [-0.25, -0.2) is 17.1 Å². The molecule has 0 fully saturated rings. The standard InChI is InChI=1S/C16H17BrFNO3S/c1-19(23(20,21)16-6-3-2-5-15(16)17)11-4-12-22-14-9-7-13(18)8-10-14/h2-3,5-10H,4,11-12H2,1H3. The van der Waals surface area contributed by atoms with Crippen LogP contribution >= 0.6 is 15.9 Å². The highest BCUT2D eigenvalue weighted by Gasteiger charge is 2.22. The fraction of sp³-hybridized carbons (Fsp3) is 0.250. The molecule has 0 heterocycles. The van der Waals surface area contributed by atoms with Crippen molar-refractivity contribution >= 4 is 26.0 Å². The Kier molecular flexibility index (Phi) is 6.15. The summed E-state index contributed by atoms with van der Waals surface area (Å²) in [5, 5.41) is 0. The van der Waals surface area contributed by atoms with Gasteiger partial charge in [-0.2, -0.15) is 0 Å².